The summed E-state index contributed by atoms with van der Waals surface area (Å²) in [5.41, 5.74) is 1.57. The van der Waals surface area contributed by atoms with Crippen molar-refractivity contribution in [1.82, 2.24) is 4.31 Å². The molecule has 0 bridgehead atoms. The van der Waals surface area contributed by atoms with E-state index in [2.05, 4.69) is 15.9 Å². The Labute approximate surface area is 136 Å². The summed E-state index contributed by atoms with van der Waals surface area (Å²) in [6, 6.07) is 8.73. The van der Waals surface area contributed by atoms with Crippen LogP contribution in [0.15, 0.2) is 44.4 Å². The summed E-state index contributed by atoms with van der Waals surface area (Å²) < 4.78 is 27.5. The summed E-state index contributed by atoms with van der Waals surface area (Å²) in [6.07, 6.45) is 0. The van der Waals surface area contributed by atoms with Crippen LogP contribution < -0.4 is 0 Å². The van der Waals surface area contributed by atoms with Crippen LogP contribution in [-0.2, 0) is 22.4 Å². The molecule has 0 fully saturated rings. The van der Waals surface area contributed by atoms with Gasteiger partial charge < -0.3 is 0 Å². The van der Waals surface area contributed by atoms with Crippen LogP contribution in [0.5, 0.6) is 0 Å². The van der Waals surface area contributed by atoms with E-state index in [0.29, 0.717) is 12.1 Å². The number of alkyl halides is 1. The van der Waals surface area contributed by atoms with Gasteiger partial charge in [-0.1, -0.05) is 18.2 Å². The molecule has 0 aliphatic rings. The number of halogens is 2. The van der Waals surface area contributed by atoms with Gasteiger partial charge in [0.25, 0.3) is 0 Å². The Hall–Kier alpha value is -0.400. The predicted molar refractivity (Wildman–Crippen MR) is 86.7 cm³/mol. The lowest BCUT2D eigenvalue weighted by Gasteiger charge is -2.18. The van der Waals surface area contributed by atoms with E-state index in [0.717, 1.165) is 9.35 Å². The Bertz CT molecular complexity index is 700. The Kier molecular flexibility index (Phi) is 5.25. The number of nitrogens with zero attached hydrogens (tertiary/aromatic N) is 1. The van der Waals surface area contributed by atoms with Crippen LogP contribution in [0, 0.1) is 0 Å². The lowest BCUT2D eigenvalue weighted by Crippen LogP contribution is -2.27. The van der Waals surface area contributed by atoms with Gasteiger partial charge in [-0.25, -0.2) is 8.42 Å². The van der Waals surface area contributed by atoms with Gasteiger partial charge in [-0.2, -0.15) is 4.31 Å². The molecule has 0 spiro atoms. The number of benzene rings is 1. The molecule has 2 rings (SSSR count). The SMILES string of the molecule is CN(Cc1csc(Br)c1)S(=O)(=O)c1ccccc1CCl. The van der Waals surface area contributed by atoms with E-state index < -0.39 is 10.0 Å². The molecule has 0 unspecified atom stereocenters. The van der Waals surface area contributed by atoms with Crippen molar-refractivity contribution in [2.45, 2.75) is 17.3 Å². The highest BCUT2D eigenvalue weighted by Gasteiger charge is 2.23. The Morgan fingerprint density at radius 2 is 2.05 bits per heavy atom. The second-order valence-electron chi connectivity index (χ2n) is 4.26. The first-order valence-electron chi connectivity index (χ1n) is 5.78. The largest absolute Gasteiger partial charge is 0.243 e. The van der Waals surface area contributed by atoms with Crippen LogP contribution in [0.1, 0.15) is 11.1 Å². The molecule has 0 saturated carbocycles. The number of hydrogen-bond acceptors (Lipinski definition) is 3. The van der Waals surface area contributed by atoms with Crippen LogP contribution in [-0.4, -0.2) is 19.8 Å². The van der Waals surface area contributed by atoms with Gasteiger partial charge in [-0.15, -0.1) is 22.9 Å². The molecule has 0 saturated heterocycles. The monoisotopic (exact) mass is 393 g/mol. The first-order chi connectivity index (χ1) is 9.45. The lowest BCUT2D eigenvalue weighted by molar-refractivity contribution is 0.466. The molecule has 2 aromatic rings. The van der Waals surface area contributed by atoms with E-state index in [1.165, 1.54) is 15.6 Å². The van der Waals surface area contributed by atoms with Crippen molar-refractivity contribution in [3.63, 3.8) is 0 Å². The summed E-state index contributed by atoms with van der Waals surface area (Å²) in [6.45, 7) is 0.334. The number of thiophene rings is 1. The Morgan fingerprint density at radius 1 is 1.35 bits per heavy atom. The zero-order chi connectivity index (χ0) is 14.8. The molecular formula is C13H13BrClNO2S2. The summed E-state index contributed by atoms with van der Waals surface area (Å²) in [5.74, 6) is 0.174. The molecule has 0 aliphatic heterocycles. The quantitative estimate of drug-likeness (QED) is 0.717. The van der Waals surface area contributed by atoms with Gasteiger partial charge in [0.1, 0.15) is 0 Å². The topological polar surface area (TPSA) is 37.4 Å². The van der Waals surface area contributed by atoms with E-state index in [-0.39, 0.29) is 10.8 Å². The summed E-state index contributed by atoms with van der Waals surface area (Å²) in [5, 5.41) is 1.93. The molecule has 3 nitrogen and oxygen atoms in total. The highest BCUT2D eigenvalue weighted by atomic mass is 79.9. The fraction of sp³-hybridized carbons (Fsp3) is 0.231. The van der Waals surface area contributed by atoms with Gasteiger partial charge in [0.2, 0.25) is 10.0 Å². The minimum Gasteiger partial charge on any atom is -0.207 e. The molecule has 1 aromatic carbocycles. The fourth-order valence-electron chi connectivity index (χ4n) is 1.80. The predicted octanol–water partition coefficient (Wildman–Crippen LogP) is 4.07. The fourth-order valence-corrected chi connectivity index (χ4v) is 4.69. The maximum atomic E-state index is 12.6. The first-order valence-corrected chi connectivity index (χ1v) is 9.43. The molecule has 1 aromatic heterocycles. The van der Waals surface area contributed by atoms with Gasteiger partial charge >= 0.3 is 0 Å². The second kappa shape index (κ2) is 6.58. The Morgan fingerprint density at radius 3 is 2.65 bits per heavy atom. The second-order valence-corrected chi connectivity index (χ2v) is 8.83. The maximum absolute atomic E-state index is 12.6. The highest BCUT2D eigenvalue weighted by molar-refractivity contribution is 9.11. The number of rotatable bonds is 5. The molecular weight excluding hydrogens is 382 g/mol. The van der Waals surface area contributed by atoms with Crippen molar-refractivity contribution in [2.24, 2.45) is 0 Å². The third-order valence-corrected chi connectivity index (χ3v) is 6.58. The average Bonchev–Trinajstić information content (AvgIpc) is 2.84. The van der Waals surface area contributed by atoms with Crippen molar-refractivity contribution in [2.75, 3.05) is 7.05 Å². The molecule has 108 valence electrons. The molecule has 0 atom stereocenters. The molecule has 7 heteroatoms. The summed E-state index contributed by atoms with van der Waals surface area (Å²) >= 11 is 10.7. The molecule has 1 heterocycles. The van der Waals surface area contributed by atoms with Gasteiger partial charge in [0.05, 0.1) is 8.68 Å². The van der Waals surface area contributed by atoms with E-state index >= 15 is 0 Å². The van der Waals surface area contributed by atoms with Gasteiger partial charge in [-0.05, 0) is 44.6 Å². The maximum Gasteiger partial charge on any atom is 0.243 e. The third kappa shape index (κ3) is 3.43. The van der Waals surface area contributed by atoms with Gasteiger partial charge in [0, 0.05) is 19.5 Å². The number of sulfonamides is 1. The zero-order valence-electron chi connectivity index (χ0n) is 10.7. The van der Waals surface area contributed by atoms with Crippen molar-refractivity contribution < 1.29 is 8.42 Å². The van der Waals surface area contributed by atoms with Crippen LogP contribution in [0.3, 0.4) is 0 Å². The minimum atomic E-state index is -3.53. The third-order valence-electron chi connectivity index (χ3n) is 2.83. The van der Waals surface area contributed by atoms with Crippen molar-refractivity contribution in [1.29, 1.82) is 0 Å². The van der Waals surface area contributed by atoms with Crippen molar-refractivity contribution >= 4 is 48.9 Å². The summed E-state index contributed by atoms with van der Waals surface area (Å²) in [4.78, 5) is 0.270. The molecule has 20 heavy (non-hydrogen) atoms. The molecule has 0 aliphatic carbocycles. The van der Waals surface area contributed by atoms with Crippen LogP contribution in [0.2, 0.25) is 0 Å². The molecule has 0 radical (unpaired) electrons. The molecule has 0 N–H and O–H groups in total. The van der Waals surface area contributed by atoms with Crippen molar-refractivity contribution in [3.05, 3.63) is 50.6 Å². The zero-order valence-corrected chi connectivity index (χ0v) is 14.7. The lowest BCUT2D eigenvalue weighted by atomic mass is 10.2. The van der Waals surface area contributed by atoms with E-state index in [1.54, 1.807) is 31.3 Å². The first kappa shape index (κ1) is 16.0. The summed E-state index contributed by atoms with van der Waals surface area (Å²) in [7, 11) is -1.96. The van der Waals surface area contributed by atoms with Crippen LogP contribution >= 0.6 is 38.9 Å². The molecule has 0 amide bonds. The van der Waals surface area contributed by atoms with Crippen LogP contribution in [0.4, 0.5) is 0 Å². The van der Waals surface area contributed by atoms with E-state index in [1.807, 2.05) is 11.4 Å². The van der Waals surface area contributed by atoms with Crippen molar-refractivity contribution in [3.8, 4) is 0 Å². The Balaban J connectivity index is 2.29. The average molecular weight is 395 g/mol. The van der Waals surface area contributed by atoms with E-state index in [9.17, 15) is 8.42 Å². The van der Waals surface area contributed by atoms with Gasteiger partial charge in [0.15, 0.2) is 0 Å². The smallest absolute Gasteiger partial charge is 0.207 e. The number of hydrogen-bond donors (Lipinski definition) is 0. The van der Waals surface area contributed by atoms with Crippen LogP contribution in [0.25, 0.3) is 0 Å². The standard InChI is InChI=1S/C13H13BrClNO2S2/c1-16(8-10-6-13(14)19-9-10)20(17,18)12-5-3-2-4-11(12)7-15/h2-6,9H,7-8H2,1H3. The van der Waals surface area contributed by atoms with E-state index in [4.69, 9.17) is 11.6 Å². The van der Waals surface area contributed by atoms with Gasteiger partial charge in [-0.3, -0.25) is 0 Å². The highest BCUT2D eigenvalue weighted by Crippen LogP contribution is 2.25. The minimum absolute atomic E-state index is 0.174. The normalized spacial score (nSPS) is 12.0.